The molecule has 0 aliphatic carbocycles. The van der Waals surface area contributed by atoms with E-state index in [0.717, 1.165) is 6.07 Å². The molecular weight excluding hydrogens is 435 g/mol. The van der Waals surface area contributed by atoms with Gasteiger partial charge in [0.05, 0.1) is 30.7 Å². The van der Waals surface area contributed by atoms with Crippen molar-refractivity contribution in [2.45, 2.75) is 30.7 Å². The molecule has 0 atom stereocenters. The van der Waals surface area contributed by atoms with Crippen molar-refractivity contribution in [3.63, 3.8) is 0 Å². The van der Waals surface area contributed by atoms with E-state index in [0.29, 0.717) is 30.4 Å². The third kappa shape index (κ3) is 4.42. The third-order valence-electron chi connectivity index (χ3n) is 6.74. The lowest BCUT2D eigenvalue weighted by Crippen LogP contribution is -2.55. The summed E-state index contributed by atoms with van der Waals surface area (Å²) in [6.45, 7) is 1.24. The fourth-order valence-electron chi connectivity index (χ4n) is 4.88. The van der Waals surface area contributed by atoms with Gasteiger partial charge in [-0.05, 0) is 17.7 Å². The first-order valence-corrected chi connectivity index (χ1v) is 11.0. The summed E-state index contributed by atoms with van der Waals surface area (Å²) in [5.41, 5.74) is 0.408. The van der Waals surface area contributed by atoms with E-state index < -0.39 is 17.3 Å². The number of nitrogens with zero attached hydrogens (tertiary/aromatic N) is 1. The molecule has 0 aromatic heterocycles. The van der Waals surface area contributed by atoms with Crippen molar-refractivity contribution in [2.24, 2.45) is 0 Å². The molecule has 1 heterocycles. The first-order valence-electron chi connectivity index (χ1n) is 10.7. The molecule has 0 radical (unpaired) electrons. The Hall–Kier alpha value is -2.34. The second-order valence-electron chi connectivity index (χ2n) is 8.87. The first-order chi connectivity index (χ1) is 15.1. The number of hydrogen-bond donors (Lipinski definition) is 1. The van der Waals surface area contributed by atoms with Gasteiger partial charge in [0.2, 0.25) is 0 Å². The highest BCUT2D eigenvalue weighted by Gasteiger charge is 2.46. The number of aliphatic hydroxyl groups is 1. The topological polar surface area (TPSA) is 20.2 Å². The summed E-state index contributed by atoms with van der Waals surface area (Å²) in [7, 11) is 2.16. The zero-order valence-electron chi connectivity index (χ0n) is 17.8. The van der Waals surface area contributed by atoms with Gasteiger partial charge in [-0.15, -0.1) is 0 Å². The number of likely N-dealkylation sites (tertiary alicyclic amines) is 1. The maximum atomic E-state index is 13.4. The SMILES string of the molecule is C[N+]1(C(c2ccccc2)c2ccccc2)CCC(O)(c2ccc(Cl)c(C(F)(F)F)c2)CC1. The second kappa shape index (κ2) is 8.54. The quantitative estimate of drug-likeness (QED) is 0.436. The summed E-state index contributed by atoms with van der Waals surface area (Å²) in [5, 5.41) is 11.0. The molecule has 1 N–H and O–H groups in total. The molecule has 1 aliphatic heterocycles. The molecule has 2 nitrogen and oxygen atoms in total. The Balaban J connectivity index is 1.65. The summed E-state index contributed by atoms with van der Waals surface area (Å²) < 4.78 is 40.7. The largest absolute Gasteiger partial charge is 0.417 e. The molecule has 1 saturated heterocycles. The molecule has 168 valence electrons. The van der Waals surface area contributed by atoms with Crippen LogP contribution >= 0.6 is 11.6 Å². The van der Waals surface area contributed by atoms with E-state index in [1.165, 1.54) is 23.3 Å². The van der Waals surface area contributed by atoms with Crippen LogP contribution in [0.5, 0.6) is 0 Å². The Morgan fingerprint density at radius 1 is 0.875 bits per heavy atom. The Morgan fingerprint density at radius 2 is 1.38 bits per heavy atom. The molecule has 3 aromatic rings. The Bertz CT molecular complexity index is 1020. The van der Waals surface area contributed by atoms with Gasteiger partial charge in [-0.1, -0.05) is 78.3 Å². The van der Waals surface area contributed by atoms with Gasteiger partial charge in [-0.25, -0.2) is 0 Å². The summed E-state index contributed by atoms with van der Waals surface area (Å²) in [6, 6.07) is 24.3. The number of hydrogen-bond acceptors (Lipinski definition) is 1. The van der Waals surface area contributed by atoms with Crippen LogP contribution < -0.4 is 0 Å². The summed E-state index contributed by atoms with van der Waals surface area (Å²) in [5.74, 6) is 0. The van der Waals surface area contributed by atoms with Gasteiger partial charge >= 0.3 is 6.18 Å². The molecule has 0 bridgehead atoms. The number of piperidine rings is 1. The van der Waals surface area contributed by atoms with E-state index >= 15 is 0 Å². The Kier molecular flexibility index (Phi) is 6.10. The molecule has 0 saturated carbocycles. The normalized spacial score (nSPS) is 24.0. The predicted octanol–water partition coefficient (Wildman–Crippen LogP) is 6.58. The van der Waals surface area contributed by atoms with E-state index in [1.54, 1.807) is 0 Å². The van der Waals surface area contributed by atoms with Crippen LogP contribution in [-0.2, 0) is 11.8 Å². The van der Waals surface area contributed by atoms with Gasteiger partial charge in [-0.2, -0.15) is 13.2 Å². The van der Waals surface area contributed by atoms with E-state index in [1.807, 2.05) is 36.4 Å². The smallest absolute Gasteiger partial charge is 0.385 e. The minimum Gasteiger partial charge on any atom is -0.385 e. The summed E-state index contributed by atoms with van der Waals surface area (Å²) >= 11 is 5.78. The fraction of sp³-hybridized carbons (Fsp3) is 0.308. The van der Waals surface area contributed by atoms with Gasteiger partial charge in [0.15, 0.2) is 0 Å². The average Bonchev–Trinajstić information content (AvgIpc) is 2.77. The molecule has 0 spiro atoms. The molecule has 32 heavy (non-hydrogen) atoms. The average molecular weight is 461 g/mol. The highest BCUT2D eigenvalue weighted by Crippen LogP contribution is 2.44. The monoisotopic (exact) mass is 460 g/mol. The Labute approximate surface area is 191 Å². The van der Waals surface area contributed by atoms with Crippen molar-refractivity contribution in [3.8, 4) is 0 Å². The van der Waals surface area contributed by atoms with Crippen molar-refractivity contribution >= 4 is 11.6 Å². The number of quaternary nitrogens is 1. The number of alkyl halides is 3. The molecule has 1 aliphatic rings. The van der Waals surface area contributed by atoms with Gasteiger partial charge < -0.3 is 9.59 Å². The van der Waals surface area contributed by atoms with E-state index in [2.05, 4.69) is 31.3 Å². The van der Waals surface area contributed by atoms with Crippen LogP contribution in [0.1, 0.15) is 41.1 Å². The first kappa shape index (κ1) is 22.8. The Morgan fingerprint density at radius 3 is 1.84 bits per heavy atom. The van der Waals surface area contributed by atoms with Crippen molar-refractivity contribution in [1.82, 2.24) is 0 Å². The van der Waals surface area contributed by atoms with Crippen LogP contribution in [-0.4, -0.2) is 29.7 Å². The number of benzene rings is 3. The summed E-state index contributed by atoms with van der Waals surface area (Å²) in [4.78, 5) is 0. The van der Waals surface area contributed by atoms with Crippen LogP contribution in [0, 0.1) is 0 Å². The minimum atomic E-state index is -4.56. The van der Waals surface area contributed by atoms with Crippen LogP contribution in [0.3, 0.4) is 0 Å². The highest BCUT2D eigenvalue weighted by atomic mass is 35.5. The lowest BCUT2D eigenvalue weighted by atomic mass is 9.81. The molecule has 1 fully saturated rings. The van der Waals surface area contributed by atoms with Crippen LogP contribution in [0.4, 0.5) is 13.2 Å². The zero-order chi connectivity index (χ0) is 23.0. The van der Waals surface area contributed by atoms with Gasteiger partial charge in [0, 0.05) is 24.0 Å². The van der Waals surface area contributed by atoms with Crippen molar-refractivity contribution in [1.29, 1.82) is 0 Å². The van der Waals surface area contributed by atoms with E-state index in [9.17, 15) is 18.3 Å². The van der Waals surface area contributed by atoms with E-state index in [4.69, 9.17) is 11.6 Å². The van der Waals surface area contributed by atoms with Gasteiger partial charge in [-0.3, -0.25) is 0 Å². The van der Waals surface area contributed by atoms with Gasteiger partial charge in [0.1, 0.15) is 11.6 Å². The molecule has 6 heteroatoms. The second-order valence-corrected chi connectivity index (χ2v) is 9.28. The fourth-order valence-corrected chi connectivity index (χ4v) is 5.10. The highest BCUT2D eigenvalue weighted by molar-refractivity contribution is 6.31. The van der Waals surface area contributed by atoms with Crippen molar-refractivity contribution < 1.29 is 22.8 Å². The molecule has 3 aromatic carbocycles. The lowest BCUT2D eigenvalue weighted by molar-refractivity contribution is -0.940. The number of rotatable bonds is 4. The standard InChI is InChI=1S/C26H26ClF3NO/c1-31(24(19-8-4-2-5-9-19)20-10-6-3-7-11-20)16-14-25(32,15-17-31)21-12-13-23(27)22(18-21)26(28,29)30/h2-13,18,24,32H,14-17H2,1H3/q+1. The van der Waals surface area contributed by atoms with Crippen LogP contribution in [0.2, 0.25) is 5.02 Å². The molecular formula is C26H26ClF3NO+. The zero-order valence-corrected chi connectivity index (χ0v) is 18.6. The minimum absolute atomic E-state index is 0.0675. The third-order valence-corrected chi connectivity index (χ3v) is 7.07. The molecule has 4 rings (SSSR count). The number of halogens is 4. The van der Waals surface area contributed by atoms with Crippen LogP contribution in [0.15, 0.2) is 78.9 Å². The van der Waals surface area contributed by atoms with Crippen molar-refractivity contribution in [3.05, 3.63) is 106 Å². The molecule has 0 unspecified atom stereocenters. The maximum absolute atomic E-state index is 13.4. The predicted molar refractivity (Wildman–Crippen MR) is 120 cm³/mol. The van der Waals surface area contributed by atoms with Crippen molar-refractivity contribution in [2.75, 3.05) is 20.1 Å². The lowest BCUT2D eigenvalue weighted by Gasteiger charge is -2.49. The van der Waals surface area contributed by atoms with Gasteiger partial charge in [0.25, 0.3) is 0 Å². The molecule has 0 amide bonds. The maximum Gasteiger partial charge on any atom is 0.417 e. The summed E-state index contributed by atoms with van der Waals surface area (Å²) in [6.07, 6.45) is -3.84. The van der Waals surface area contributed by atoms with Crippen LogP contribution in [0.25, 0.3) is 0 Å². The van der Waals surface area contributed by atoms with E-state index in [-0.39, 0.29) is 16.6 Å².